The molecule has 0 unspecified atom stereocenters. The molecule has 0 aromatic heterocycles. The molecule has 1 fully saturated rings. The van der Waals surface area contributed by atoms with Gasteiger partial charge in [0.1, 0.15) is 5.75 Å². The highest BCUT2D eigenvalue weighted by Gasteiger charge is 2.37. The van der Waals surface area contributed by atoms with Gasteiger partial charge in [-0.3, -0.25) is 0 Å². The third-order valence-corrected chi connectivity index (χ3v) is 4.98. The molecule has 5 heteroatoms. The van der Waals surface area contributed by atoms with Gasteiger partial charge < -0.3 is 20.1 Å². The number of nitrogens with zero attached hydrogens (tertiary/aromatic N) is 1. The predicted molar refractivity (Wildman–Crippen MR) is 101 cm³/mol. The number of rotatable bonds is 4. The molecule has 1 aliphatic heterocycles. The molecule has 0 saturated carbocycles. The number of urea groups is 1. The quantitative estimate of drug-likeness (QED) is 0.860. The van der Waals surface area contributed by atoms with Gasteiger partial charge in [-0.15, -0.1) is 0 Å². The first-order chi connectivity index (χ1) is 11.7. The first-order valence-corrected chi connectivity index (χ1v) is 9.21. The summed E-state index contributed by atoms with van der Waals surface area (Å²) in [5.41, 5.74) is 0.752. The summed E-state index contributed by atoms with van der Waals surface area (Å²) in [4.78, 5) is 14.2. The lowest BCUT2D eigenvalue weighted by Crippen LogP contribution is -2.51. The monoisotopic (exact) mass is 348 g/mol. The van der Waals surface area contributed by atoms with E-state index in [1.54, 1.807) is 4.90 Å². The summed E-state index contributed by atoms with van der Waals surface area (Å²) in [6, 6.07) is 7.27. The zero-order valence-corrected chi connectivity index (χ0v) is 16.1. The number of anilines is 1. The number of hydrogen-bond donors (Lipinski definition) is 2. The van der Waals surface area contributed by atoms with E-state index >= 15 is 0 Å². The number of β-amino-alcohol motifs (C(OH)–C–C–N with tert-alkyl or cyclic N) is 1. The molecule has 1 heterocycles. The van der Waals surface area contributed by atoms with Gasteiger partial charge in [0.2, 0.25) is 0 Å². The van der Waals surface area contributed by atoms with Crippen molar-refractivity contribution in [3.05, 3.63) is 24.3 Å². The summed E-state index contributed by atoms with van der Waals surface area (Å²) in [6.45, 7) is 11.5. The molecule has 0 aliphatic carbocycles. The first kappa shape index (κ1) is 19.6. The van der Waals surface area contributed by atoms with Crippen LogP contribution in [-0.2, 0) is 0 Å². The largest absolute Gasteiger partial charge is 0.491 e. The lowest BCUT2D eigenvalue weighted by Gasteiger charge is -2.42. The third kappa shape index (κ3) is 5.36. The molecule has 1 aromatic carbocycles. The molecular formula is C20H32N2O3. The van der Waals surface area contributed by atoms with Crippen LogP contribution in [0.4, 0.5) is 10.5 Å². The molecule has 0 radical (unpaired) electrons. The van der Waals surface area contributed by atoms with E-state index in [1.807, 2.05) is 31.2 Å². The number of ether oxygens (including phenoxy) is 1. The summed E-state index contributed by atoms with van der Waals surface area (Å²) in [5, 5.41) is 13.3. The third-order valence-electron chi connectivity index (χ3n) is 4.98. The Balaban J connectivity index is 1.95. The maximum absolute atomic E-state index is 12.5. The molecule has 3 atom stereocenters. The van der Waals surface area contributed by atoms with Crippen molar-refractivity contribution in [2.24, 2.45) is 11.3 Å². The first-order valence-electron chi connectivity index (χ1n) is 9.21. The van der Waals surface area contributed by atoms with Crippen molar-refractivity contribution < 1.29 is 14.6 Å². The van der Waals surface area contributed by atoms with Crippen molar-refractivity contribution in [3.63, 3.8) is 0 Å². The standard InChI is InChI=1S/C20H32N2O3/c1-6-14(2)25-16-9-7-8-15(12-16)21-19(24)22-11-10-17(18(23)13-22)20(3,4)5/h7-9,12,14,17-18,23H,6,10-11,13H2,1-5H3,(H,21,24)/t14-,17-,18-/m0/s1. The minimum atomic E-state index is -0.487. The van der Waals surface area contributed by atoms with Gasteiger partial charge in [-0.05, 0) is 43.2 Å². The number of piperidine rings is 1. The van der Waals surface area contributed by atoms with Gasteiger partial charge in [0, 0.05) is 24.8 Å². The second-order valence-electron chi connectivity index (χ2n) is 8.07. The Morgan fingerprint density at radius 1 is 1.44 bits per heavy atom. The van der Waals surface area contributed by atoms with E-state index in [9.17, 15) is 9.90 Å². The second-order valence-corrected chi connectivity index (χ2v) is 8.07. The molecule has 0 spiro atoms. The number of likely N-dealkylation sites (tertiary alicyclic amines) is 1. The van der Waals surface area contributed by atoms with Crippen LogP contribution in [0.25, 0.3) is 0 Å². The normalized spacial score (nSPS) is 22.4. The fourth-order valence-electron chi connectivity index (χ4n) is 3.29. The number of benzene rings is 1. The number of carbonyl (C=O) groups excluding carboxylic acids is 1. The molecule has 25 heavy (non-hydrogen) atoms. The summed E-state index contributed by atoms with van der Waals surface area (Å²) < 4.78 is 5.79. The van der Waals surface area contributed by atoms with Gasteiger partial charge in [-0.25, -0.2) is 4.79 Å². The molecular weight excluding hydrogens is 316 g/mol. The number of amides is 2. The zero-order chi connectivity index (χ0) is 18.6. The molecule has 1 aromatic rings. The Morgan fingerprint density at radius 2 is 2.16 bits per heavy atom. The topological polar surface area (TPSA) is 61.8 Å². The fraction of sp³-hybridized carbons (Fsp3) is 0.650. The van der Waals surface area contributed by atoms with Crippen LogP contribution in [0.2, 0.25) is 0 Å². The van der Waals surface area contributed by atoms with E-state index < -0.39 is 6.10 Å². The number of aliphatic hydroxyl groups excluding tert-OH is 1. The Morgan fingerprint density at radius 3 is 2.76 bits per heavy atom. The van der Waals surface area contributed by atoms with Crippen LogP contribution in [-0.4, -0.2) is 41.3 Å². The molecule has 5 nitrogen and oxygen atoms in total. The number of aliphatic hydroxyl groups is 1. The van der Waals surface area contributed by atoms with Gasteiger partial charge >= 0.3 is 6.03 Å². The Kier molecular flexibility index (Phi) is 6.33. The summed E-state index contributed by atoms with van der Waals surface area (Å²) in [5.74, 6) is 0.961. The highest BCUT2D eigenvalue weighted by molar-refractivity contribution is 5.89. The van der Waals surface area contributed by atoms with Crippen molar-refractivity contribution >= 4 is 11.7 Å². The molecule has 2 N–H and O–H groups in total. The SMILES string of the molecule is CC[C@H](C)Oc1cccc(NC(=O)N2CC[C@H](C(C)(C)C)[C@@H](O)C2)c1. The van der Waals surface area contributed by atoms with Crippen LogP contribution < -0.4 is 10.1 Å². The number of nitrogens with one attached hydrogen (secondary N) is 1. The van der Waals surface area contributed by atoms with Gasteiger partial charge in [0.25, 0.3) is 0 Å². The summed E-state index contributed by atoms with van der Waals surface area (Å²) in [6.07, 6.45) is 1.39. The lowest BCUT2D eigenvalue weighted by atomic mass is 9.74. The van der Waals surface area contributed by atoms with Crippen molar-refractivity contribution in [1.29, 1.82) is 0 Å². The zero-order valence-electron chi connectivity index (χ0n) is 16.1. The Labute approximate surface area is 151 Å². The van der Waals surface area contributed by atoms with Crippen LogP contribution in [0.5, 0.6) is 5.75 Å². The van der Waals surface area contributed by atoms with Crippen LogP contribution >= 0.6 is 0 Å². The van der Waals surface area contributed by atoms with E-state index in [2.05, 4.69) is 33.0 Å². The van der Waals surface area contributed by atoms with Gasteiger partial charge in [-0.2, -0.15) is 0 Å². The smallest absolute Gasteiger partial charge is 0.321 e. The van der Waals surface area contributed by atoms with E-state index in [0.717, 1.165) is 18.6 Å². The van der Waals surface area contributed by atoms with Crippen molar-refractivity contribution in [3.8, 4) is 5.75 Å². The van der Waals surface area contributed by atoms with E-state index in [0.29, 0.717) is 18.8 Å². The molecule has 1 saturated heterocycles. The Hall–Kier alpha value is -1.75. The van der Waals surface area contributed by atoms with E-state index in [-0.39, 0.29) is 23.5 Å². The van der Waals surface area contributed by atoms with Crippen molar-refractivity contribution in [2.75, 3.05) is 18.4 Å². The van der Waals surface area contributed by atoms with Crippen LogP contribution in [0.1, 0.15) is 47.5 Å². The van der Waals surface area contributed by atoms with Crippen molar-refractivity contribution in [2.45, 2.75) is 59.7 Å². The Bertz CT molecular complexity index is 583. The van der Waals surface area contributed by atoms with Crippen LogP contribution in [0, 0.1) is 11.3 Å². The molecule has 2 amide bonds. The summed E-state index contributed by atoms with van der Waals surface area (Å²) >= 11 is 0. The number of hydrogen-bond acceptors (Lipinski definition) is 3. The van der Waals surface area contributed by atoms with Crippen LogP contribution in [0.15, 0.2) is 24.3 Å². The van der Waals surface area contributed by atoms with Crippen molar-refractivity contribution in [1.82, 2.24) is 4.90 Å². The molecule has 1 aliphatic rings. The van der Waals surface area contributed by atoms with E-state index in [1.165, 1.54) is 0 Å². The molecule has 2 rings (SSSR count). The molecule has 0 bridgehead atoms. The maximum Gasteiger partial charge on any atom is 0.321 e. The minimum absolute atomic E-state index is 0.0453. The average molecular weight is 348 g/mol. The highest BCUT2D eigenvalue weighted by atomic mass is 16.5. The highest BCUT2D eigenvalue weighted by Crippen LogP contribution is 2.34. The number of carbonyl (C=O) groups is 1. The second kappa shape index (κ2) is 8.09. The van der Waals surface area contributed by atoms with Gasteiger partial charge in [0.15, 0.2) is 0 Å². The lowest BCUT2D eigenvalue weighted by molar-refractivity contribution is -0.0108. The fourth-order valence-corrected chi connectivity index (χ4v) is 3.29. The average Bonchev–Trinajstić information content (AvgIpc) is 2.53. The predicted octanol–water partition coefficient (Wildman–Crippen LogP) is 4.12. The molecule has 140 valence electrons. The van der Waals surface area contributed by atoms with E-state index in [4.69, 9.17) is 4.74 Å². The van der Waals surface area contributed by atoms with Crippen LogP contribution in [0.3, 0.4) is 0 Å². The maximum atomic E-state index is 12.5. The summed E-state index contributed by atoms with van der Waals surface area (Å²) in [7, 11) is 0. The van der Waals surface area contributed by atoms with Gasteiger partial charge in [0.05, 0.1) is 12.2 Å². The van der Waals surface area contributed by atoms with Gasteiger partial charge in [-0.1, -0.05) is 33.8 Å². The minimum Gasteiger partial charge on any atom is -0.491 e.